The van der Waals surface area contributed by atoms with Gasteiger partial charge >= 0.3 is 5.97 Å². The highest BCUT2D eigenvalue weighted by atomic mass is 16.5. The van der Waals surface area contributed by atoms with Gasteiger partial charge in [-0.15, -0.1) is 0 Å². The lowest BCUT2D eigenvalue weighted by Crippen LogP contribution is -2.44. The van der Waals surface area contributed by atoms with Gasteiger partial charge in [0.25, 0.3) is 0 Å². The molecule has 2 aromatic rings. The van der Waals surface area contributed by atoms with E-state index in [2.05, 4.69) is 5.32 Å². The zero-order chi connectivity index (χ0) is 21.2. The number of hydrogen-bond acceptors (Lipinski definition) is 4. The fourth-order valence-corrected chi connectivity index (χ4v) is 2.70. The number of carboxylic acid groups (broad SMARTS) is 1. The average molecular weight is 399 g/mol. The van der Waals surface area contributed by atoms with Gasteiger partial charge in [-0.3, -0.25) is 4.79 Å². The van der Waals surface area contributed by atoms with Crippen LogP contribution in [-0.4, -0.2) is 36.2 Å². The Morgan fingerprint density at radius 3 is 2.00 bits per heavy atom. The molecule has 0 saturated carbocycles. The van der Waals surface area contributed by atoms with Gasteiger partial charge < -0.3 is 19.9 Å². The van der Waals surface area contributed by atoms with Crippen molar-refractivity contribution in [2.24, 2.45) is 5.92 Å². The summed E-state index contributed by atoms with van der Waals surface area (Å²) in [4.78, 5) is 23.2. The molecule has 1 atom stereocenters. The minimum atomic E-state index is -1.05. The maximum absolute atomic E-state index is 11.8. The summed E-state index contributed by atoms with van der Waals surface area (Å²) < 4.78 is 11.2. The molecular weight excluding hydrogens is 370 g/mol. The summed E-state index contributed by atoms with van der Waals surface area (Å²) in [6.45, 7) is 6.60. The molecule has 0 unspecified atom stereocenters. The van der Waals surface area contributed by atoms with Gasteiger partial charge in [0.05, 0.1) is 13.2 Å². The number of ether oxygens (including phenoxy) is 2. The molecule has 29 heavy (non-hydrogen) atoms. The first-order valence-corrected chi connectivity index (χ1v) is 9.85. The standard InChI is InChI=1S/C23H29NO5/c1-4-28-19-9-5-17(6-10-19)13-14-29-20-11-7-18(8-12-20)15-21(23(26)27)24-22(25)16(2)3/h5-12,16,21H,4,13-15H2,1-3H3,(H,24,25)(H,26,27)/t21-/m0/s1. The maximum Gasteiger partial charge on any atom is 0.326 e. The van der Waals surface area contributed by atoms with Crippen molar-refractivity contribution in [1.29, 1.82) is 0 Å². The summed E-state index contributed by atoms with van der Waals surface area (Å²) in [5.41, 5.74) is 1.98. The van der Waals surface area contributed by atoms with Crippen LogP contribution in [0.1, 0.15) is 31.9 Å². The lowest BCUT2D eigenvalue weighted by atomic mass is 10.0. The van der Waals surface area contributed by atoms with E-state index in [-0.39, 0.29) is 18.2 Å². The molecule has 2 rings (SSSR count). The van der Waals surface area contributed by atoms with Crippen LogP contribution in [0.5, 0.6) is 11.5 Å². The van der Waals surface area contributed by atoms with Crippen LogP contribution >= 0.6 is 0 Å². The van der Waals surface area contributed by atoms with Crippen molar-refractivity contribution in [3.63, 3.8) is 0 Å². The van der Waals surface area contributed by atoms with E-state index in [4.69, 9.17) is 9.47 Å². The van der Waals surface area contributed by atoms with Crippen molar-refractivity contribution < 1.29 is 24.2 Å². The Hall–Kier alpha value is -3.02. The molecule has 0 aliphatic carbocycles. The number of aliphatic carboxylic acids is 1. The van der Waals surface area contributed by atoms with Crippen LogP contribution in [0.4, 0.5) is 0 Å². The van der Waals surface area contributed by atoms with Crippen molar-refractivity contribution in [2.45, 2.75) is 39.7 Å². The van der Waals surface area contributed by atoms with E-state index in [1.165, 1.54) is 0 Å². The summed E-state index contributed by atoms with van der Waals surface area (Å²) in [7, 11) is 0. The topological polar surface area (TPSA) is 84.9 Å². The second kappa shape index (κ2) is 11.1. The predicted octanol–water partition coefficient (Wildman–Crippen LogP) is 3.47. The first-order valence-electron chi connectivity index (χ1n) is 9.85. The minimum absolute atomic E-state index is 0.222. The Morgan fingerprint density at radius 1 is 0.931 bits per heavy atom. The van der Waals surface area contributed by atoms with Crippen molar-refractivity contribution in [3.05, 3.63) is 59.7 Å². The van der Waals surface area contributed by atoms with Crippen LogP contribution < -0.4 is 14.8 Å². The van der Waals surface area contributed by atoms with Gasteiger partial charge in [-0.2, -0.15) is 0 Å². The SMILES string of the molecule is CCOc1ccc(CCOc2ccc(C[C@H](NC(=O)C(C)C)C(=O)O)cc2)cc1. The number of carbonyl (C=O) groups excluding carboxylic acids is 1. The first kappa shape index (κ1) is 22.3. The molecule has 2 N–H and O–H groups in total. The van der Waals surface area contributed by atoms with E-state index in [1.54, 1.807) is 13.8 Å². The molecule has 0 aliphatic heterocycles. The molecule has 0 bridgehead atoms. The number of amides is 1. The quantitative estimate of drug-likeness (QED) is 0.604. The summed E-state index contributed by atoms with van der Waals surface area (Å²) >= 11 is 0. The summed E-state index contributed by atoms with van der Waals surface area (Å²) in [6, 6.07) is 14.3. The van der Waals surface area contributed by atoms with Crippen LogP contribution in [0, 0.1) is 5.92 Å². The van der Waals surface area contributed by atoms with Crippen LogP contribution in [0.25, 0.3) is 0 Å². The van der Waals surface area contributed by atoms with Crippen molar-refractivity contribution in [2.75, 3.05) is 13.2 Å². The fourth-order valence-electron chi connectivity index (χ4n) is 2.70. The molecule has 1 amide bonds. The largest absolute Gasteiger partial charge is 0.494 e. The Kier molecular flexibility index (Phi) is 8.52. The number of hydrogen-bond donors (Lipinski definition) is 2. The van der Waals surface area contributed by atoms with Crippen LogP contribution in [0.15, 0.2) is 48.5 Å². The van der Waals surface area contributed by atoms with Gasteiger partial charge in [-0.1, -0.05) is 38.1 Å². The van der Waals surface area contributed by atoms with Crippen LogP contribution in [0.3, 0.4) is 0 Å². The Labute approximate surface area is 171 Å². The monoisotopic (exact) mass is 399 g/mol. The number of rotatable bonds is 11. The van der Waals surface area contributed by atoms with Gasteiger partial charge in [-0.05, 0) is 42.3 Å². The van der Waals surface area contributed by atoms with Gasteiger partial charge in [-0.25, -0.2) is 4.79 Å². The maximum atomic E-state index is 11.8. The molecule has 0 heterocycles. The zero-order valence-corrected chi connectivity index (χ0v) is 17.2. The molecule has 6 nitrogen and oxygen atoms in total. The van der Waals surface area contributed by atoms with E-state index >= 15 is 0 Å². The average Bonchev–Trinajstić information content (AvgIpc) is 2.70. The van der Waals surface area contributed by atoms with Crippen molar-refractivity contribution in [3.8, 4) is 11.5 Å². The fraction of sp³-hybridized carbons (Fsp3) is 0.391. The lowest BCUT2D eigenvalue weighted by molar-refractivity contribution is -0.142. The summed E-state index contributed by atoms with van der Waals surface area (Å²) in [5.74, 6) is -0.000826. The highest BCUT2D eigenvalue weighted by molar-refractivity contribution is 5.84. The van der Waals surface area contributed by atoms with E-state index in [9.17, 15) is 14.7 Å². The number of benzene rings is 2. The molecule has 156 valence electrons. The Balaban J connectivity index is 1.84. The summed E-state index contributed by atoms with van der Waals surface area (Å²) in [6.07, 6.45) is 0.997. The molecule has 0 aromatic heterocycles. The van der Waals surface area contributed by atoms with Crippen LogP contribution in [-0.2, 0) is 22.4 Å². The smallest absolute Gasteiger partial charge is 0.326 e. The first-order chi connectivity index (χ1) is 13.9. The van der Waals surface area contributed by atoms with Crippen LogP contribution in [0.2, 0.25) is 0 Å². The highest BCUT2D eigenvalue weighted by Gasteiger charge is 2.21. The molecule has 0 radical (unpaired) electrons. The number of carboxylic acids is 1. The molecule has 6 heteroatoms. The second-order valence-electron chi connectivity index (χ2n) is 7.08. The van der Waals surface area contributed by atoms with E-state index in [0.29, 0.717) is 13.2 Å². The third kappa shape index (κ3) is 7.49. The van der Waals surface area contributed by atoms with E-state index in [1.807, 2.05) is 55.5 Å². The number of nitrogens with one attached hydrogen (secondary N) is 1. The third-order valence-electron chi connectivity index (χ3n) is 4.40. The molecular formula is C23H29NO5. The zero-order valence-electron chi connectivity index (χ0n) is 17.2. The normalized spacial score (nSPS) is 11.7. The highest BCUT2D eigenvalue weighted by Crippen LogP contribution is 2.16. The van der Waals surface area contributed by atoms with Gasteiger partial charge in [0.15, 0.2) is 0 Å². The Bertz CT molecular complexity index is 784. The lowest BCUT2D eigenvalue weighted by Gasteiger charge is -2.16. The molecule has 0 fully saturated rings. The molecule has 2 aromatic carbocycles. The molecule has 0 saturated heterocycles. The van der Waals surface area contributed by atoms with Crippen molar-refractivity contribution >= 4 is 11.9 Å². The van der Waals surface area contributed by atoms with E-state index in [0.717, 1.165) is 29.0 Å². The predicted molar refractivity (Wildman–Crippen MR) is 111 cm³/mol. The minimum Gasteiger partial charge on any atom is -0.494 e. The second-order valence-corrected chi connectivity index (χ2v) is 7.08. The molecule has 0 spiro atoms. The molecule has 0 aliphatic rings. The third-order valence-corrected chi connectivity index (χ3v) is 4.40. The van der Waals surface area contributed by atoms with Crippen molar-refractivity contribution in [1.82, 2.24) is 5.32 Å². The number of carbonyl (C=O) groups is 2. The van der Waals surface area contributed by atoms with Gasteiger partial charge in [0.2, 0.25) is 5.91 Å². The van der Waals surface area contributed by atoms with Gasteiger partial charge in [0, 0.05) is 18.8 Å². The summed E-state index contributed by atoms with van der Waals surface area (Å²) in [5, 5.41) is 11.9. The van der Waals surface area contributed by atoms with E-state index < -0.39 is 12.0 Å². The Morgan fingerprint density at radius 2 is 1.48 bits per heavy atom. The van der Waals surface area contributed by atoms with Gasteiger partial charge in [0.1, 0.15) is 17.5 Å².